The first kappa shape index (κ1) is 14.0. The van der Waals surface area contributed by atoms with Crippen LogP contribution in [0.25, 0.3) is 0 Å². The molecule has 2 rings (SSSR count). The number of thiazole rings is 1. The van der Waals surface area contributed by atoms with Gasteiger partial charge in [0.25, 0.3) is 0 Å². The first-order valence-corrected chi connectivity index (χ1v) is 7.85. The Bertz CT molecular complexity index is 361. The van der Waals surface area contributed by atoms with E-state index < -0.39 is 0 Å². The van der Waals surface area contributed by atoms with Crippen molar-refractivity contribution in [2.24, 2.45) is 0 Å². The summed E-state index contributed by atoms with van der Waals surface area (Å²) in [4.78, 5) is 6.27. The molecule has 1 aliphatic rings. The molecule has 102 valence electrons. The van der Waals surface area contributed by atoms with E-state index in [4.69, 9.17) is 9.72 Å². The lowest BCUT2D eigenvalue weighted by atomic mass is 10.2. The number of hydrogen-bond donors (Lipinski definition) is 1. The topological polar surface area (TPSA) is 34.1 Å². The van der Waals surface area contributed by atoms with E-state index >= 15 is 0 Å². The van der Waals surface area contributed by atoms with E-state index in [0.29, 0.717) is 0 Å². The van der Waals surface area contributed by atoms with Crippen LogP contribution in [0.4, 0.5) is 0 Å². The third kappa shape index (κ3) is 4.04. The van der Waals surface area contributed by atoms with Crippen LogP contribution in [0.1, 0.15) is 54.1 Å². The highest BCUT2D eigenvalue weighted by molar-refractivity contribution is 7.11. The van der Waals surface area contributed by atoms with Crippen molar-refractivity contribution in [2.75, 3.05) is 20.3 Å². The zero-order chi connectivity index (χ0) is 12.8. The molecule has 0 amide bonds. The minimum atomic E-state index is 0.750. The van der Waals surface area contributed by atoms with Gasteiger partial charge < -0.3 is 10.1 Å². The van der Waals surface area contributed by atoms with Crippen molar-refractivity contribution in [1.82, 2.24) is 10.3 Å². The van der Waals surface area contributed by atoms with Crippen LogP contribution in [-0.2, 0) is 17.7 Å². The molecule has 0 unspecified atom stereocenters. The zero-order valence-electron chi connectivity index (χ0n) is 11.5. The van der Waals surface area contributed by atoms with Crippen LogP contribution in [0, 0.1) is 0 Å². The Labute approximate surface area is 114 Å². The number of hydrogen-bond acceptors (Lipinski definition) is 4. The predicted molar refractivity (Wildman–Crippen MR) is 76.3 cm³/mol. The van der Waals surface area contributed by atoms with Crippen molar-refractivity contribution in [1.29, 1.82) is 0 Å². The van der Waals surface area contributed by atoms with E-state index in [9.17, 15) is 0 Å². The van der Waals surface area contributed by atoms with Gasteiger partial charge >= 0.3 is 0 Å². The number of rotatable bonds is 9. The monoisotopic (exact) mass is 268 g/mol. The minimum absolute atomic E-state index is 0.750. The van der Waals surface area contributed by atoms with Gasteiger partial charge in [-0.15, -0.1) is 11.3 Å². The summed E-state index contributed by atoms with van der Waals surface area (Å²) in [5.74, 6) is 0.750. The van der Waals surface area contributed by atoms with Gasteiger partial charge in [0, 0.05) is 30.9 Å². The van der Waals surface area contributed by atoms with Crippen molar-refractivity contribution < 1.29 is 4.74 Å². The Hall–Kier alpha value is -0.450. The van der Waals surface area contributed by atoms with Gasteiger partial charge in [-0.2, -0.15) is 0 Å². The molecule has 0 radical (unpaired) electrons. The molecule has 1 N–H and O–H groups in total. The Morgan fingerprint density at radius 1 is 1.44 bits per heavy atom. The molecular formula is C14H24N2OS. The summed E-state index contributed by atoms with van der Waals surface area (Å²) in [6.45, 7) is 5.12. The Morgan fingerprint density at radius 2 is 2.28 bits per heavy atom. The van der Waals surface area contributed by atoms with Crippen LogP contribution >= 0.6 is 11.3 Å². The third-order valence-electron chi connectivity index (χ3n) is 3.25. The molecule has 1 heterocycles. The molecule has 4 heteroatoms. The summed E-state index contributed by atoms with van der Waals surface area (Å²) in [6.07, 6.45) is 6.12. The lowest BCUT2D eigenvalue weighted by Gasteiger charge is -2.03. The molecule has 0 atom stereocenters. The van der Waals surface area contributed by atoms with E-state index in [-0.39, 0.29) is 0 Å². The molecule has 0 spiro atoms. The Balaban J connectivity index is 1.91. The van der Waals surface area contributed by atoms with E-state index in [1.807, 2.05) is 11.3 Å². The van der Waals surface area contributed by atoms with Gasteiger partial charge in [-0.05, 0) is 25.8 Å². The number of ether oxygens (including phenoxy) is 1. The Morgan fingerprint density at radius 3 is 2.94 bits per heavy atom. The van der Waals surface area contributed by atoms with Crippen molar-refractivity contribution in [3.63, 3.8) is 0 Å². The van der Waals surface area contributed by atoms with Gasteiger partial charge in [0.1, 0.15) is 0 Å². The maximum absolute atomic E-state index is 5.14. The molecule has 0 saturated heterocycles. The summed E-state index contributed by atoms with van der Waals surface area (Å²) < 4.78 is 5.14. The lowest BCUT2D eigenvalue weighted by Crippen LogP contribution is -2.14. The van der Waals surface area contributed by atoms with Gasteiger partial charge in [-0.3, -0.25) is 0 Å². The lowest BCUT2D eigenvalue weighted by molar-refractivity contribution is 0.202. The van der Waals surface area contributed by atoms with E-state index in [0.717, 1.165) is 32.0 Å². The van der Waals surface area contributed by atoms with Crippen LogP contribution < -0.4 is 5.32 Å². The van der Waals surface area contributed by atoms with E-state index in [1.54, 1.807) is 7.11 Å². The fourth-order valence-electron chi connectivity index (χ4n) is 2.02. The number of unbranched alkanes of at least 4 members (excludes halogenated alkanes) is 1. The van der Waals surface area contributed by atoms with Crippen molar-refractivity contribution >= 4 is 11.3 Å². The van der Waals surface area contributed by atoms with Gasteiger partial charge in [0.05, 0.1) is 17.3 Å². The van der Waals surface area contributed by atoms with Crippen LogP contribution in [-0.4, -0.2) is 25.2 Å². The highest BCUT2D eigenvalue weighted by atomic mass is 32.1. The van der Waals surface area contributed by atoms with E-state index in [2.05, 4.69) is 12.2 Å². The van der Waals surface area contributed by atoms with Crippen molar-refractivity contribution in [3.8, 4) is 0 Å². The highest BCUT2D eigenvalue weighted by Crippen LogP contribution is 2.42. The quantitative estimate of drug-likeness (QED) is 0.699. The molecule has 1 aromatic heterocycles. The fraction of sp³-hybridized carbons (Fsp3) is 0.786. The van der Waals surface area contributed by atoms with Gasteiger partial charge in [-0.25, -0.2) is 4.98 Å². The predicted octanol–water partition coefficient (Wildman–Crippen LogP) is 3.10. The summed E-state index contributed by atoms with van der Waals surface area (Å²) in [5, 5.41) is 4.78. The average Bonchev–Trinajstić information content (AvgIpc) is 3.14. The van der Waals surface area contributed by atoms with Crippen LogP contribution in [0.5, 0.6) is 0 Å². The second-order valence-electron chi connectivity index (χ2n) is 4.96. The maximum atomic E-state index is 5.14. The maximum Gasteiger partial charge on any atom is 0.0954 e. The molecular weight excluding hydrogens is 244 g/mol. The summed E-state index contributed by atoms with van der Waals surface area (Å²) in [7, 11) is 1.75. The number of aromatic nitrogens is 1. The number of methoxy groups -OCH3 is 1. The van der Waals surface area contributed by atoms with Crippen LogP contribution in [0.2, 0.25) is 0 Å². The largest absolute Gasteiger partial charge is 0.384 e. The normalized spacial score (nSPS) is 15.2. The third-order valence-corrected chi connectivity index (χ3v) is 4.38. The van der Waals surface area contributed by atoms with Gasteiger partial charge in [-0.1, -0.05) is 13.3 Å². The van der Waals surface area contributed by atoms with Crippen LogP contribution in [0.15, 0.2) is 0 Å². The number of nitrogens with one attached hydrogen (secondary N) is 1. The van der Waals surface area contributed by atoms with E-state index in [1.165, 1.54) is 41.3 Å². The van der Waals surface area contributed by atoms with Crippen molar-refractivity contribution in [3.05, 3.63) is 15.6 Å². The Kier molecular flexibility index (Phi) is 5.60. The first-order chi connectivity index (χ1) is 8.85. The second kappa shape index (κ2) is 7.22. The average molecular weight is 268 g/mol. The summed E-state index contributed by atoms with van der Waals surface area (Å²) in [5.41, 5.74) is 1.37. The first-order valence-electron chi connectivity index (χ1n) is 7.03. The molecule has 1 aromatic rings. The SMILES string of the molecule is CCCCNCc1sc(CCOC)nc1C1CC1. The van der Waals surface area contributed by atoms with Gasteiger partial charge in [0.15, 0.2) is 0 Å². The molecule has 18 heavy (non-hydrogen) atoms. The second-order valence-corrected chi connectivity index (χ2v) is 6.13. The zero-order valence-corrected chi connectivity index (χ0v) is 12.3. The standard InChI is InChI=1S/C14H24N2OS/c1-3-4-8-15-10-12-14(11-5-6-11)16-13(18-12)7-9-17-2/h11,15H,3-10H2,1-2H3. The fourth-order valence-corrected chi connectivity index (χ4v) is 3.12. The molecule has 0 bridgehead atoms. The highest BCUT2D eigenvalue weighted by Gasteiger charge is 2.29. The molecule has 1 saturated carbocycles. The van der Waals surface area contributed by atoms with Gasteiger partial charge in [0.2, 0.25) is 0 Å². The summed E-state index contributed by atoms with van der Waals surface area (Å²) >= 11 is 1.87. The molecule has 1 fully saturated rings. The van der Waals surface area contributed by atoms with Crippen LogP contribution in [0.3, 0.4) is 0 Å². The minimum Gasteiger partial charge on any atom is -0.384 e. The molecule has 0 aliphatic heterocycles. The summed E-state index contributed by atoms with van der Waals surface area (Å²) in [6, 6.07) is 0. The molecule has 0 aromatic carbocycles. The smallest absolute Gasteiger partial charge is 0.0954 e. The molecule has 1 aliphatic carbocycles. The van der Waals surface area contributed by atoms with Crippen molar-refractivity contribution in [2.45, 2.75) is 51.5 Å². The number of nitrogens with zero attached hydrogens (tertiary/aromatic N) is 1. The molecule has 3 nitrogen and oxygen atoms in total.